The van der Waals surface area contributed by atoms with Crippen molar-refractivity contribution in [1.29, 1.82) is 0 Å². The first-order valence-corrected chi connectivity index (χ1v) is 4.80. The average Bonchev–Trinajstić information content (AvgIpc) is 1.98. The number of hydrogen-bond donors (Lipinski definition) is 0. The molecule has 1 atom stereocenters. The van der Waals surface area contributed by atoms with E-state index < -0.39 is 0 Å². The van der Waals surface area contributed by atoms with Gasteiger partial charge >= 0.3 is 0 Å². The van der Waals surface area contributed by atoms with Crippen molar-refractivity contribution in [1.82, 2.24) is 0 Å². The average molecular weight is 252 g/mol. The van der Waals surface area contributed by atoms with Crippen LogP contribution in [0.3, 0.4) is 0 Å². The van der Waals surface area contributed by atoms with Crippen molar-refractivity contribution in [3.63, 3.8) is 0 Å². The molecule has 0 aromatic carbocycles. The third kappa shape index (κ3) is 4.94. The summed E-state index contributed by atoms with van der Waals surface area (Å²) in [6, 6.07) is 0.104. The number of aliphatic imine (C=N–C) groups is 1. The van der Waals surface area contributed by atoms with Gasteiger partial charge in [0.15, 0.2) is 0 Å². The van der Waals surface area contributed by atoms with Gasteiger partial charge in [0, 0.05) is 0 Å². The topological polar surface area (TPSA) is 29.4 Å². The summed E-state index contributed by atoms with van der Waals surface area (Å²) in [5, 5.41) is 0. The Kier molecular flexibility index (Phi) is 7.30. The molecule has 0 saturated carbocycles. The second-order valence-corrected chi connectivity index (χ2v) is 3.07. The van der Waals surface area contributed by atoms with Crippen molar-refractivity contribution in [2.45, 2.75) is 25.3 Å². The minimum atomic E-state index is 0.104. The predicted octanol–water partition coefficient (Wildman–Crippen LogP) is 2.13. The van der Waals surface area contributed by atoms with E-state index in [4.69, 9.17) is 0 Å². The van der Waals surface area contributed by atoms with Crippen LogP contribution in [0.2, 0.25) is 0 Å². The van der Waals surface area contributed by atoms with E-state index in [2.05, 4.69) is 34.5 Å². The van der Waals surface area contributed by atoms with Crippen LogP contribution in [0.25, 0.3) is 0 Å². The number of rotatable bonds is 5. The van der Waals surface area contributed by atoms with E-state index in [0.717, 1.165) is 17.3 Å². The molecular weight excluding hydrogens is 241 g/mol. The van der Waals surface area contributed by atoms with E-state index >= 15 is 0 Å². The molecule has 0 rings (SSSR count). The lowest BCUT2D eigenvalue weighted by Gasteiger charge is -2.03. The lowest BCUT2D eigenvalue weighted by Crippen LogP contribution is -2.01. The molecule has 0 fully saturated rings. The first-order valence-electron chi connectivity index (χ1n) is 3.27. The first-order chi connectivity index (χ1) is 4.85. The molecule has 0 aromatic heterocycles. The molecule has 3 heteroatoms. The molecule has 0 aromatic rings. The molecule has 0 aliphatic rings. The summed E-state index contributed by atoms with van der Waals surface area (Å²) in [7, 11) is 0. The highest BCUT2D eigenvalue weighted by molar-refractivity contribution is 14.1. The van der Waals surface area contributed by atoms with Crippen molar-refractivity contribution in [2.75, 3.05) is 4.43 Å². The molecule has 57 valence electrons. The van der Waals surface area contributed by atoms with E-state index in [1.165, 1.54) is 0 Å². The summed E-state index contributed by atoms with van der Waals surface area (Å²) in [4.78, 5) is 13.4. The Balaban J connectivity index is 3.49. The van der Waals surface area contributed by atoms with Gasteiger partial charge in [0.25, 0.3) is 0 Å². The van der Waals surface area contributed by atoms with Crippen molar-refractivity contribution in [2.24, 2.45) is 4.99 Å². The van der Waals surface area contributed by atoms with Gasteiger partial charge in [-0.25, -0.2) is 9.79 Å². The molecule has 1 radical (unpaired) electrons. The van der Waals surface area contributed by atoms with Gasteiger partial charge < -0.3 is 0 Å². The van der Waals surface area contributed by atoms with Gasteiger partial charge in [-0.3, -0.25) is 0 Å². The van der Waals surface area contributed by atoms with Crippen LogP contribution in [0.5, 0.6) is 0 Å². The zero-order valence-electron chi connectivity index (χ0n) is 5.85. The Labute approximate surface area is 75.2 Å². The van der Waals surface area contributed by atoms with Crippen molar-refractivity contribution in [3.05, 3.63) is 6.92 Å². The van der Waals surface area contributed by atoms with Gasteiger partial charge in [-0.2, -0.15) is 0 Å². The second kappa shape index (κ2) is 7.22. The van der Waals surface area contributed by atoms with Gasteiger partial charge in [0.2, 0.25) is 6.08 Å². The lowest BCUT2D eigenvalue weighted by molar-refractivity contribution is 0.548. The van der Waals surface area contributed by atoms with Crippen LogP contribution in [0.15, 0.2) is 4.99 Å². The van der Waals surface area contributed by atoms with Gasteiger partial charge in [0.1, 0.15) is 0 Å². The smallest absolute Gasteiger partial charge is 0.211 e. The standard InChI is InChI=1S/C7H11INO/c1-2-7(9-6-10)4-3-5-8/h7H,1-5H2. The zero-order chi connectivity index (χ0) is 7.82. The van der Waals surface area contributed by atoms with Crippen LogP contribution in [0.1, 0.15) is 19.3 Å². The van der Waals surface area contributed by atoms with Crippen molar-refractivity contribution in [3.8, 4) is 0 Å². The Morgan fingerprint density at radius 2 is 2.40 bits per heavy atom. The van der Waals surface area contributed by atoms with E-state index in [1.54, 1.807) is 6.08 Å². The highest BCUT2D eigenvalue weighted by Crippen LogP contribution is 2.06. The van der Waals surface area contributed by atoms with E-state index in [1.807, 2.05) is 0 Å². The fraction of sp³-hybridized carbons (Fsp3) is 0.714. The molecular formula is C7H11INO. The summed E-state index contributed by atoms with van der Waals surface area (Å²) in [5.74, 6) is 0. The number of halogens is 1. The maximum atomic E-state index is 9.82. The van der Waals surface area contributed by atoms with Crippen molar-refractivity contribution >= 4 is 28.7 Å². The molecule has 0 N–H and O–H groups in total. The summed E-state index contributed by atoms with van der Waals surface area (Å²) in [6.45, 7) is 3.68. The highest BCUT2D eigenvalue weighted by atomic mass is 127. The van der Waals surface area contributed by atoms with Crippen molar-refractivity contribution < 1.29 is 4.79 Å². The molecule has 1 unspecified atom stereocenters. The van der Waals surface area contributed by atoms with Gasteiger partial charge in [0.05, 0.1) is 6.04 Å². The summed E-state index contributed by atoms with van der Waals surface area (Å²) < 4.78 is 1.11. The molecule has 0 spiro atoms. The Bertz CT molecular complexity index is 121. The van der Waals surface area contributed by atoms with Crippen LogP contribution in [-0.2, 0) is 4.79 Å². The highest BCUT2D eigenvalue weighted by Gasteiger charge is 2.01. The largest absolute Gasteiger partial charge is 0.235 e. The van der Waals surface area contributed by atoms with Crippen LogP contribution in [0.4, 0.5) is 0 Å². The number of nitrogens with zero attached hydrogens (tertiary/aromatic N) is 1. The van der Waals surface area contributed by atoms with E-state index in [9.17, 15) is 4.79 Å². The molecule has 0 heterocycles. The summed E-state index contributed by atoms with van der Waals surface area (Å²) >= 11 is 2.30. The minimum Gasteiger partial charge on any atom is -0.211 e. The fourth-order valence-corrected chi connectivity index (χ4v) is 1.10. The van der Waals surface area contributed by atoms with E-state index in [0.29, 0.717) is 6.42 Å². The second-order valence-electron chi connectivity index (χ2n) is 1.99. The molecule has 0 aliphatic heterocycles. The normalized spacial score (nSPS) is 12.2. The SMILES string of the molecule is [CH2]CC(CCCI)N=C=O. The van der Waals surface area contributed by atoms with Crippen LogP contribution >= 0.6 is 22.6 Å². The number of isocyanates is 1. The molecule has 0 amide bonds. The number of alkyl halides is 1. The minimum absolute atomic E-state index is 0.104. The molecule has 10 heavy (non-hydrogen) atoms. The summed E-state index contributed by atoms with van der Waals surface area (Å²) in [6.07, 6.45) is 4.32. The fourth-order valence-electron chi connectivity index (χ4n) is 0.661. The van der Waals surface area contributed by atoms with Gasteiger partial charge in [-0.15, -0.1) is 0 Å². The first kappa shape index (κ1) is 10.1. The van der Waals surface area contributed by atoms with Crippen LogP contribution < -0.4 is 0 Å². The van der Waals surface area contributed by atoms with Gasteiger partial charge in [-0.1, -0.05) is 29.5 Å². The molecule has 0 aliphatic carbocycles. The third-order valence-electron chi connectivity index (χ3n) is 1.24. The quantitative estimate of drug-likeness (QED) is 0.319. The molecule has 0 bridgehead atoms. The Hall–Kier alpha value is 0.110. The molecule has 2 nitrogen and oxygen atoms in total. The maximum absolute atomic E-state index is 9.82. The number of carbonyl (C=O) groups excluding carboxylic acids is 1. The van der Waals surface area contributed by atoms with Crippen LogP contribution in [-0.4, -0.2) is 16.5 Å². The monoisotopic (exact) mass is 252 g/mol. The zero-order valence-corrected chi connectivity index (χ0v) is 8.00. The maximum Gasteiger partial charge on any atom is 0.235 e. The Morgan fingerprint density at radius 1 is 1.70 bits per heavy atom. The summed E-state index contributed by atoms with van der Waals surface area (Å²) in [5.41, 5.74) is 0. The van der Waals surface area contributed by atoms with Crippen LogP contribution in [0, 0.1) is 6.92 Å². The van der Waals surface area contributed by atoms with E-state index in [-0.39, 0.29) is 6.04 Å². The third-order valence-corrected chi connectivity index (χ3v) is 2.00. The lowest BCUT2D eigenvalue weighted by atomic mass is 10.1. The Morgan fingerprint density at radius 3 is 2.80 bits per heavy atom. The molecule has 0 saturated heterocycles. The predicted molar refractivity (Wildman–Crippen MR) is 50.0 cm³/mol. The van der Waals surface area contributed by atoms with Gasteiger partial charge in [-0.05, 0) is 23.7 Å². The number of hydrogen-bond acceptors (Lipinski definition) is 2.